The van der Waals surface area contributed by atoms with Crippen molar-refractivity contribution in [1.82, 2.24) is 40.5 Å². The molecule has 33 heavy (non-hydrogen) atoms. The molecule has 0 unspecified atom stereocenters. The van der Waals surface area contributed by atoms with Gasteiger partial charge in [-0.15, -0.1) is 15.3 Å². The van der Waals surface area contributed by atoms with Crippen molar-refractivity contribution in [2.75, 3.05) is 24.8 Å². The topological polar surface area (TPSA) is 145 Å². The van der Waals surface area contributed by atoms with E-state index in [0.717, 1.165) is 0 Å². The number of para-hydroxylation sites is 1. The highest BCUT2D eigenvalue weighted by molar-refractivity contribution is 5.99. The summed E-state index contributed by atoms with van der Waals surface area (Å²) >= 11 is 0. The van der Waals surface area contributed by atoms with Crippen LogP contribution in [0.3, 0.4) is 0 Å². The van der Waals surface area contributed by atoms with Gasteiger partial charge in [0.05, 0.1) is 36.8 Å². The summed E-state index contributed by atoms with van der Waals surface area (Å²) in [4.78, 5) is 22.6. The summed E-state index contributed by atoms with van der Waals surface area (Å²) in [5.74, 6) is 1.53. The van der Waals surface area contributed by atoms with E-state index < -0.39 is 5.91 Å². The smallest absolute Gasteiger partial charge is 0.273 e. The fraction of sp³-hybridized carbons (Fsp3) is 0.190. The second-order valence-electron chi connectivity index (χ2n) is 6.70. The summed E-state index contributed by atoms with van der Waals surface area (Å²) in [5.41, 5.74) is 1.83. The Balaban J connectivity index is 1.72. The number of rotatable bonds is 8. The maximum absolute atomic E-state index is 12.4. The van der Waals surface area contributed by atoms with Gasteiger partial charge in [0.1, 0.15) is 0 Å². The van der Waals surface area contributed by atoms with Gasteiger partial charge in [-0.1, -0.05) is 6.07 Å². The largest absolute Gasteiger partial charge is 0.494 e. The Kier molecular flexibility index (Phi) is 6.34. The van der Waals surface area contributed by atoms with Gasteiger partial charge in [-0.25, -0.2) is 9.97 Å². The van der Waals surface area contributed by atoms with E-state index in [-0.39, 0.29) is 5.69 Å². The molecule has 4 rings (SSSR count). The average Bonchev–Trinajstić information content (AvgIpc) is 3.31. The highest BCUT2D eigenvalue weighted by atomic mass is 16.5. The molecule has 3 heterocycles. The van der Waals surface area contributed by atoms with Gasteiger partial charge in [0, 0.05) is 25.5 Å². The number of nitrogens with zero attached hydrogens (tertiary/aromatic N) is 7. The van der Waals surface area contributed by atoms with Crippen LogP contribution in [0.1, 0.15) is 17.4 Å². The summed E-state index contributed by atoms with van der Waals surface area (Å²) in [7, 11) is 3.08. The first kappa shape index (κ1) is 21.6. The Morgan fingerprint density at radius 2 is 1.88 bits per heavy atom. The third-order valence-corrected chi connectivity index (χ3v) is 4.61. The number of aryl methyl sites for hydroxylation is 1. The Morgan fingerprint density at radius 3 is 2.58 bits per heavy atom. The fourth-order valence-electron chi connectivity index (χ4n) is 3.09. The van der Waals surface area contributed by atoms with Crippen molar-refractivity contribution in [3.05, 3.63) is 54.6 Å². The molecule has 3 aromatic heterocycles. The quantitative estimate of drug-likeness (QED) is 0.369. The Morgan fingerprint density at radius 1 is 1.06 bits per heavy atom. The minimum absolute atomic E-state index is 0.115. The van der Waals surface area contributed by atoms with Gasteiger partial charge in [-0.05, 0) is 25.1 Å². The monoisotopic (exact) mass is 446 g/mol. The van der Waals surface area contributed by atoms with E-state index >= 15 is 0 Å². The van der Waals surface area contributed by atoms with Crippen LogP contribution < -0.4 is 20.7 Å². The first-order chi connectivity index (χ1) is 16.1. The second-order valence-corrected chi connectivity index (χ2v) is 6.70. The Bertz CT molecular complexity index is 1260. The maximum atomic E-state index is 12.4. The molecule has 0 saturated heterocycles. The Hall–Kier alpha value is -4.61. The van der Waals surface area contributed by atoms with Gasteiger partial charge in [-0.3, -0.25) is 4.79 Å². The zero-order chi connectivity index (χ0) is 23.2. The number of carbonyl (C=O) groups is 1. The van der Waals surface area contributed by atoms with E-state index in [1.54, 1.807) is 37.8 Å². The number of hydrogen-bond acceptors (Lipinski definition) is 10. The summed E-state index contributed by atoms with van der Waals surface area (Å²) in [6.07, 6.45) is 4.90. The van der Waals surface area contributed by atoms with E-state index in [1.165, 1.54) is 11.8 Å². The van der Waals surface area contributed by atoms with Crippen LogP contribution in [0.5, 0.6) is 5.75 Å². The van der Waals surface area contributed by atoms with E-state index in [2.05, 4.69) is 46.3 Å². The third kappa shape index (κ3) is 4.69. The predicted octanol–water partition coefficient (Wildman–Crippen LogP) is 2.40. The van der Waals surface area contributed by atoms with Crippen LogP contribution in [-0.2, 0) is 6.54 Å². The lowest BCUT2D eigenvalue weighted by Gasteiger charge is -2.16. The zero-order valence-electron chi connectivity index (χ0n) is 18.3. The van der Waals surface area contributed by atoms with E-state index in [0.29, 0.717) is 46.7 Å². The minimum atomic E-state index is -0.394. The second kappa shape index (κ2) is 9.68. The van der Waals surface area contributed by atoms with Crippen LogP contribution in [0.15, 0.2) is 48.9 Å². The molecule has 0 aliphatic carbocycles. The van der Waals surface area contributed by atoms with E-state index in [9.17, 15) is 4.79 Å². The molecule has 3 N–H and O–H groups in total. The number of benzene rings is 1. The van der Waals surface area contributed by atoms with Gasteiger partial charge in [-0.2, -0.15) is 9.90 Å². The van der Waals surface area contributed by atoms with Crippen molar-refractivity contribution in [2.24, 2.45) is 0 Å². The van der Waals surface area contributed by atoms with Crippen molar-refractivity contribution in [3.63, 3.8) is 0 Å². The lowest BCUT2D eigenvalue weighted by Crippen LogP contribution is -2.21. The van der Waals surface area contributed by atoms with Gasteiger partial charge in [0.25, 0.3) is 5.91 Å². The van der Waals surface area contributed by atoms with Crippen molar-refractivity contribution < 1.29 is 9.53 Å². The molecule has 12 heteroatoms. The van der Waals surface area contributed by atoms with Crippen molar-refractivity contribution >= 4 is 28.9 Å². The van der Waals surface area contributed by atoms with Crippen LogP contribution in [0.2, 0.25) is 0 Å². The van der Waals surface area contributed by atoms with Gasteiger partial charge in [0.2, 0.25) is 0 Å². The molecule has 0 atom stereocenters. The van der Waals surface area contributed by atoms with Crippen LogP contribution in [0.25, 0.3) is 11.4 Å². The molecule has 0 radical (unpaired) electrons. The molecule has 1 aromatic carbocycles. The van der Waals surface area contributed by atoms with Gasteiger partial charge >= 0.3 is 0 Å². The number of hydrogen-bond donors (Lipinski definition) is 3. The molecule has 12 nitrogen and oxygen atoms in total. The number of ether oxygens (including phenoxy) is 1. The molecule has 0 saturated carbocycles. The number of carbonyl (C=O) groups excluding carboxylic acids is 1. The molecule has 4 aromatic rings. The summed E-state index contributed by atoms with van der Waals surface area (Å²) in [6.45, 7) is 2.57. The number of nitrogens with one attached hydrogen (secondary N) is 3. The average molecular weight is 446 g/mol. The number of anilines is 4. The number of aromatic nitrogens is 7. The van der Waals surface area contributed by atoms with Gasteiger partial charge < -0.3 is 20.7 Å². The number of methoxy groups -OCH3 is 1. The molecule has 0 fully saturated rings. The lowest BCUT2D eigenvalue weighted by molar-refractivity contribution is 0.0958. The molecule has 0 spiro atoms. The molecular weight excluding hydrogens is 424 g/mol. The highest BCUT2D eigenvalue weighted by Gasteiger charge is 2.18. The van der Waals surface area contributed by atoms with Crippen molar-refractivity contribution in [3.8, 4) is 17.1 Å². The summed E-state index contributed by atoms with van der Waals surface area (Å²) < 4.78 is 5.66. The van der Waals surface area contributed by atoms with Crippen LogP contribution in [0.4, 0.5) is 23.0 Å². The SMILES string of the molecule is CCn1ncc(Nc2cc(Nc3cccc(-c4ncccn4)c3OC)c(C(=O)NC)nn2)n1. The maximum Gasteiger partial charge on any atom is 0.273 e. The minimum Gasteiger partial charge on any atom is -0.494 e. The first-order valence-corrected chi connectivity index (χ1v) is 10.1. The predicted molar refractivity (Wildman–Crippen MR) is 122 cm³/mol. The highest BCUT2D eigenvalue weighted by Crippen LogP contribution is 2.37. The van der Waals surface area contributed by atoms with E-state index in [4.69, 9.17) is 4.74 Å². The van der Waals surface area contributed by atoms with Crippen LogP contribution >= 0.6 is 0 Å². The summed E-state index contributed by atoms with van der Waals surface area (Å²) in [5, 5.41) is 25.5. The Labute approximate surface area is 189 Å². The van der Waals surface area contributed by atoms with Crippen molar-refractivity contribution in [1.29, 1.82) is 0 Å². The van der Waals surface area contributed by atoms with E-state index in [1.807, 2.05) is 25.1 Å². The normalized spacial score (nSPS) is 10.5. The molecule has 0 aliphatic rings. The third-order valence-electron chi connectivity index (χ3n) is 4.61. The molecule has 0 bridgehead atoms. The fourth-order valence-corrected chi connectivity index (χ4v) is 3.09. The van der Waals surface area contributed by atoms with Crippen LogP contribution in [-0.4, -0.2) is 55.2 Å². The molecular formula is C21H22N10O2. The standard InChI is InChI=1S/C21H22N10O2/c1-4-31-25-12-17(30-31)27-16-11-15(18(29-28-16)21(32)22-2)26-14-8-5-7-13(19(14)33-3)20-23-9-6-10-24-20/h5-12H,4H2,1-3H3,(H,22,32)(H2,26,27,28,30). The first-order valence-electron chi connectivity index (χ1n) is 10.1. The number of amides is 1. The molecule has 168 valence electrons. The van der Waals surface area contributed by atoms with Gasteiger partial charge in [0.15, 0.2) is 28.9 Å². The zero-order valence-corrected chi connectivity index (χ0v) is 18.3. The molecule has 0 aliphatic heterocycles. The summed E-state index contributed by atoms with van der Waals surface area (Å²) in [6, 6.07) is 8.91. The molecule has 1 amide bonds. The van der Waals surface area contributed by atoms with Crippen molar-refractivity contribution in [2.45, 2.75) is 13.5 Å². The van der Waals surface area contributed by atoms with Crippen LogP contribution in [0, 0.1) is 0 Å². The lowest BCUT2D eigenvalue weighted by atomic mass is 10.1.